The van der Waals surface area contributed by atoms with Crippen LogP contribution in [0.2, 0.25) is 0 Å². The summed E-state index contributed by atoms with van der Waals surface area (Å²) in [4.78, 5) is 3.96. The summed E-state index contributed by atoms with van der Waals surface area (Å²) in [6, 6.07) is 11.3. The van der Waals surface area contributed by atoms with E-state index in [1.54, 1.807) is 19.5 Å². The zero-order valence-electron chi connectivity index (χ0n) is 10.9. The Morgan fingerprint density at radius 3 is 2.47 bits per heavy atom. The number of pyridine rings is 1. The van der Waals surface area contributed by atoms with E-state index in [2.05, 4.69) is 10.3 Å². The molecule has 4 nitrogen and oxygen atoms in total. The molecule has 0 bridgehead atoms. The van der Waals surface area contributed by atoms with Crippen molar-refractivity contribution < 1.29 is 9.84 Å². The van der Waals surface area contributed by atoms with Crippen LogP contribution in [0.5, 0.6) is 5.75 Å². The number of benzene rings is 1. The van der Waals surface area contributed by atoms with E-state index in [4.69, 9.17) is 4.74 Å². The Bertz CT molecular complexity index is 485. The van der Waals surface area contributed by atoms with Gasteiger partial charge in [0.25, 0.3) is 0 Å². The molecule has 1 aromatic carbocycles. The first-order valence-electron chi connectivity index (χ1n) is 6.21. The van der Waals surface area contributed by atoms with Crippen LogP contribution in [0.3, 0.4) is 0 Å². The molecule has 1 heterocycles. The van der Waals surface area contributed by atoms with Crippen molar-refractivity contribution >= 4 is 0 Å². The number of hydrogen-bond acceptors (Lipinski definition) is 4. The zero-order chi connectivity index (χ0) is 13.5. The van der Waals surface area contributed by atoms with E-state index >= 15 is 0 Å². The number of nitrogens with zero attached hydrogens (tertiary/aromatic N) is 1. The number of nitrogens with one attached hydrogen (secondary N) is 1. The Kier molecular flexibility index (Phi) is 4.89. The van der Waals surface area contributed by atoms with E-state index < -0.39 is 6.10 Å². The van der Waals surface area contributed by atoms with E-state index in [-0.39, 0.29) is 0 Å². The van der Waals surface area contributed by atoms with Crippen LogP contribution in [0, 0.1) is 0 Å². The van der Waals surface area contributed by atoms with Crippen LogP contribution in [-0.2, 0) is 6.54 Å². The Labute approximate surface area is 113 Å². The predicted molar refractivity (Wildman–Crippen MR) is 73.9 cm³/mol. The fourth-order valence-electron chi connectivity index (χ4n) is 1.80. The first-order valence-corrected chi connectivity index (χ1v) is 6.21. The SMILES string of the molecule is COc1ccc(C(O)CNCc2ccncc2)cc1. The fraction of sp³-hybridized carbons (Fsp3) is 0.267. The van der Waals surface area contributed by atoms with Gasteiger partial charge in [-0.15, -0.1) is 0 Å². The van der Waals surface area contributed by atoms with Gasteiger partial charge in [0, 0.05) is 25.5 Å². The monoisotopic (exact) mass is 258 g/mol. The van der Waals surface area contributed by atoms with Crippen LogP contribution in [0.1, 0.15) is 17.2 Å². The van der Waals surface area contributed by atoms with Crippen molar-refractivity contribution in [2.24, 2.45) is 0 Å². The molecule has 0 aliphatic rings. The lowest BCUT2D eigenvalue weighted by atomic mass is 10.1. The molecule has 2 aromatic rings. The summed E-state index contributed by atoms with van der Waals surface area (Å²) < 4.78 is 5.08. The zero-order valence-corrected chi connectivity index (χ0v) is 10.9. The average Bonchev–Trinajstić information content (AvgIpc) is 2.48. The summed E-state index contributed by atoms with van der Waals surface area (Å²) in [7, 11) is 1.63. The minimum Gasteiger partial charge on any atom is -0.497 e. The number of aliphatic hydroxyl groups is 1. The van der Waals surface area contributed by atoms with Crippen molar-refractivity contribution in [2.45, 2.75) is 12.6 Å². The van der Waals surface area contributed by atoms with E-state index in [1.807, 2.05) is 36.4 Å². The molecule has 0 aliphatic carbocycles. The van der Waals surface area contributed by atoms with E-state index in [0.29, 0.717) is 6.54 Å². The summed E-state index contributed by atoms with van der Waals surface area (Å²) in [5.41, 5.74) is 2.03. The summed E-state index contributed by atoms with van der Waals surface area (Å²) in [5, 5.41) is 13.3. The minimum absolute atomic E-state index is 0.509. The number of aromatic nitrogens is 1. The van der Waals surface area contributed by atoms with Crippen molar-refractivity contribution in [3.63, 3.8) is 0 Å². The number of ether oxygens (including phenoxy) is 1. The Balaban J connectivity index is 1.82. The van der Waals surface area contributed by atoms with Gasteiger partial charge in [0.2, 0.25) is 0 Å². The Hall–Kier alpha value is -1.91. The Morgan fingerprint density at radius 1 is 1.16 bits per heavy atom. The number of rotatable bonds is 6. The molecular formula is C15H18N2O2. The molecule has 100 valence electrons. The highest BCUT2D eigenvalue weighted by Crippen LogP contribution is 2.16. The van der Waals surface area contributed by atoms with Crippen molar-refractivity contribution in [1.29, 1.82) is 0 Å². The molecule has 19 heavy (non-hydrogen) atoms. The second-order valence-electron chi connectivity index (χ2n) is 4.28. The van der Waals surface area contributed by atoms with Crippen molar-refractivity contribution in [2.75, 3.05) is 13.7 Å². The van der Waals surface area contributed by atoms with Gasteiger partial charge in [-0.1, -0.05) is 12.1 Å². The molecule has 0 radical (unpaired) electrons. The highest BCUT2D eigenvalue weighted by atomic mass is 16.5. The molecular weight excluding hydrogens is 240 g/mol. The van der Waals surface area contributed by atoms with Gasteiger partial charge in [0.15, 0.2) is 0 Å². The maximum atomic E-state index is 10.0. The molecule has 1 unspecified atom stereocenters. The second kappa shape index (κ2) is 6.87. The lowest BCUT2D eigenvalue weighted by Crippen LogP contribution is -2.21. The van der Waals surface area contributed by atoms with E-state index in [9.17, 15) is 5.11 Å². The summed E-state index contributed by atoms with van der Waals surface area (Å²) >= 11 is 0. The summed E-state index contributed by atoms with van der Waals surface area (Å²) in [5.74, 6) is 0.792. The van der Waals surface area contributed by atoms with E-state index in [0.717, 1.165) is 23.4 Å². The van der Waals surface area contributed by atoms with Crippen molar-refractivity contribution in [3.8, 4) is 5.75 Å². The van der Waals surface area contributed by atoms with Crippen LogP contribution in [0.25, 0.3) is 0 Å². The van der Waals surface area contributed by atoms with Gasteiger partial charge >= 0.3 is 0 Å². The molecule has 0 fully saturated rings. The highest BCUT2D eigenvalue weighted by molar-refractivity contribution is 5.28. The molecule has 0 aliphatic heterocycles. The van der Waals surface area contributed by atoms with Gasteiger partial charge in [-0.05, 0) is 35.4 Å². The van der Waals surface area contributed by atoms with Gasteiger partial charge in [-0.3, -0.25) is 4.98 Å². The molecule has 2 N–H and O–H groups in total. The van der Waals surface area contributed by atoms with Crippen LogP contribution in [0.4, 0.5) is 0 Å². The average molecular weight is 258 g/mol. The van der Waals surface area contributed by atoms with Gasteiger partial charge in [-0.2, -0.15) is 0 Å². The number of aliphatic hydroxyl groups excluding tert-OH is 1. The minimum atomic E-state index is -0.521. The third-order valence-corrected chi connectivity index (χ3v) is 2.92. The number of hydrogen-bond donors (Lipinski definition) is 2. The van der Waals surface area contributed by atoms with Gasteiger partial charge in [0.05, 0.1) is 13.2 Å². The van der Waals surface area contributed by atoms with Crippen molar-refractivity contribution in [1.82, 2.24) is 10.3 Å². The highest BCUT2D eigenvalue weighted by Gasteiger charge is 2.06. The first kappa shape index (κ1) is 13.5. The summed E-state index contributed by atoms with van der Waals surface area (Å²) in [6.45, 7) is 1.23. The third-order valence-electron chi connectivity index (χ3n) is 2.92. The molecule has 2 rings (SSSR count). The van der Waals surface area contributed by atoms with Crippen molar-refractivity contribution in [3.05, 3.63) is 59.9 Å². The normalized spacial score (nSPS) is 12.1. The smallest absolute Gasteiger partial charge is 0.118 e. The van der Waals surface area contributed by atoms with E-state index in [1.165, 1.54) is 0 Å². The molecule has 1 aromatic heterocycles. The molecule has 0 saturated heterocycles. The molecule has 4 heteroatoms. The standard InChI is InChI=1S/C15H18N2O2/c1-19-14-4-2-13(3-5-14)15(18)11-17-10-12-6-8-16-9-7-12/h2-9,15,17-18H,10-11H2,1H3. The maximum Gasteiger partial charge on any atom is 0.118 e. The topological polar surface area (TPSA) is 54.4 Å². The number of methoxy groups -OCH3 is 1. The van der Waals surface area contributed by atoms with Crippen LogP contribution in [0.15, 0.2) is 48.8 Å². The van der Waals surface area contributed by atoms with Crippen LogP contribution < -0.4 is 10.1 Å². The first-order chi connectivity index (χ1) is 9.29. The van der Waals surface area contributed by atoms with Crippen LogP contribution in [-0.4, -0.2) is 23.7 Å². The maximum absolute atomic E-state index is 10.0. The van der Waals surface area contributed by atoms with Gasteiger partial charge in [0.1, 0.15) is 5.75 Å². The van der Waals surface area contributed by atoms with Gasteiger partial charge < -0.3 is 15.2 Å². The predicted octanol–water partition coefficient (Wildman–Crippen LogP) is 1.91. The second-order valence-corrected chi connectivity index (χ2v) is 4.28. The largest absolute Gasteiger partial charge is 0.497 e. The fourth-order valence-corrected chi connectivity index (χ4v) is 1.80. The molecule has 0 spiro atoms. The Morgan fingerprint density at radius 2 is 1.84 bits per heavy atom. The quantitative estimate of drug-likeness (QED) is 0.831. The van der Waals surface area contributed by atoms with Crippen LogP contribution >= 0.6 is 0 Å². The third kappa shape index (κ3) is 4.05. The lowest BCUT2D eigenvalue weighted by molar-refractivity contribution is 0.174. The summed E-state index contributed by atoms with van der Waals surface area (Å²) in [6.07, 6.45) is 3.00. The van der Waals surface area contributed by atoms with Gasteiger partial charge in [-0.25, -0.2) is 0 Å². The molecule has 0 amide bonds. The molecule has 1 atom stereocenters. The molecule has 0 saturated carbocycles. The lowest BCUT2D eigenvalue weighted by Gasteiger charge is -2.12.